The fraction of sp³-hybridized carbons (Fsp3) is 0.571. The van der Waals surface area contributed by atoms with Crippen molar-refractivity contribution in [3.05, 3.63) is 35.7 Å². The second kappa shape index (κ2) is 9.13. The molecule has 1 fully saturated rings. The predicted octanol–water partition coefficient (Wildman–Crippen LogP) is 3.56. The number of carbonyl (C=O) groups excluding carboxylic acids is 1. The van der Waals surface area contributed by atoms with Crippen molar-refractivity contribution in [1.82, 2.24) is 20.4 Å². The molecule has 6 heteroatoms. The maximum absolute atomic E-state index is 12.4. The van der Waals surface area contributed by atoms with Crippen LogP contribution in [-0.4, -0.2) is 40.1 Å². The molecule has 1 aromatic carbocycles. The molecule has 2 heterocycles. The van der Waals surface area contributed by atoms with Crippen molar-refractivity contribution in [2.45, 2.75) is 59.0 Å². The zero-order chi connectivity index (χ0) is 19.2. The highest BCUT2D eigenvalue weighted by atomic mass is 16.5. The Labute approximate surface area is 161 Å². The summed E-state index contributed by atoms with van der Waals surface area (Å²) >= 11 is 0. The minimum Gasteiger partial charge on any atom is -0.353 e. The third kappa shape index (κ3) is 5.39. The molecule has 1 N–H and O–H groups in total. The van der Waals surface area contributed by atoms with E-state index in [4.69, 9.17) is 4.52 Å². The van der Waals surface area contributed by atoms with Crippen LogP contribution >= 0.6 is 0 Å². The molecule has 1 saturated heterocycles. The number of likely N-dealkylation sites (tertiary alicyclic amines) is 1. The van der Waals surface area contributed by atoms with Crippen LogP contribution in [0, 0.1) is 12.8 Å². The summed E-state index contributed by atoms with van der Waals surface area (Å²) in [5.41, 5.74) is 2.17. The van der Waals surface area contributed by atoms with Gasteiger partial charge in [0.05, 0.1) is 6.54 Å². The number of carbonyl (C=O) groups is 1. The van der Waals surface area contributed by atoms with Crippen LogP contribution in [-0.2, 0) is 11.3 Å². The largest absolute Gasteiger partial charge is 0.353 e. The summed E-state index contributed by atoms with van der Waals surface area (Å²) in [6.45, 7) is 8.67. The lowest BCUT2D eigenvalue weighted by molar-refractivity contribution is -0.127. The Morgan fingerprint density at radius 3 is 2.67 bits per heavy atom. The van der Waals surface area contributed by atoms with Gasteiger partial charge in [0.15, 0.2) is 0 Å². The second-order valence-electron chi connectivity index (χ2n) is 7.63. The number of rotatable bonds is 7. The monoisotopic (exact) mass is 370 g/mol. The number of aryl methyl sites for hydroxylation is 1. The van der Waals surface area contributed by atoms with E-state index in [2.05, 4.69) is 41.1 Å². The summed E-state index contributed by atoms with van der Waals surface area (Å²) < 4.78 is 5.42. The van der Waals surface area contributed by atoms with Gasteiger partial charge in [-0.3, -0.25) is 9.69 Å². The van der Waals surface area contributed by atoms with Gasteiger partial charge in [-0.1, -0.05) is 48.3 Å². The smallest absolute Gasteiger partial charge is 0.241 e. The zero-order valence-electron chi connectivity index (χ0n) is 16.6. The van der Waals surface area contributed by atoms with Crippen molar-refractivity contribution >= 4 is 5.91 Å². The van der Waals surface area contributed by atoms with Crippen LogP contribution in [0.5, 0.6) is 0 Å². The molecule has 0 bridgehead atoms. The van der Waals surface area contributed by atoms with Crippen molar-refractivity contribution in [2.75, 3.05) is 13.1 Å². The van der Waals surface area contributed by atoms with Crippen molar-refractivity contribution in [1.29, 1.82) is 0 Å². The maximum Gasteiger partial charge on any atom is 0.241 e. The molecule has 1 aromatic heterocycles. The molecule has 0 aliphatic carbocycles. The standard InChI is InChI=1S/C21H30N4O2/c1-4-5-16(3)22-21(26)18-10-12-25(13-11-18)14-19-23-20(24-27-19)17-8-6-15(2)7-9-17/h6-9,16,18H,4-5,10-14H2,1-3H3,(H,22,26). The number of hydrogen-bond donors (Lipinski definition) is 1. The minimum absolute atomic E-state index is 0.117. The van der Waals surface area contributed by atoms with Crippen LogP contribution in [0.15, 0.2) is 28.8 Å². The van der Waals surface area contributed by atoms with E-state index in [1.807, 2.05) is 24.3 Å². The van der Waals surface area contributed by atoms with Gasteiger partial charge in [-0.25, -0.2) is 0 Å². The van der Waals surface area contributed by atoms with E-state index in [1.165, 1.54) is 5.56 Å². The van der Waals surface area contributed by atoms with Crippen molar-refractivity contribution < 1.29 is 9.32 Å². The Morgan fingerprint density at radius 1 is 1.30 bits per heavy atom. The molecule has 2 aromatic rings. The van der Waals surface area contributed by atoms with Crippen molar-refractivity contribution in [3.8, 4) is 11.4 Å². The first kappa shape index (κ1) is 19.5. The summed E-state index contributed by atoms with van der Waals surface area (Å²) in [6, 6.07) is 8.37. The van der Waals surface area contributed by atoms with E-state index < -0.39 is 0 Å². The van der Waals surface area contributed by atoms with E-state index in [0.29, 0.717) is 18.3 Å². The summed E-state index contributed by atoms with van der Waals surface area (Å²) in [6.07, 6.45) is 3.88. The summed E-state index contributed by atoms with van der Waals surface area (Å²) in [7, 11) is 0. The maximum atomic E-state index is 12.4. The van der Waals surface area contributed by atoms with Gasteiger partial charge >= 0.3 is 0 Å². The van der Waals surface area contributed by atoms with Crippen molar-refractivity contribution in [2.24, 2.45) is 5.92 Å². The highest BCUT2D eigenvalue weighted by molar-refractivity contribution is 5.79. The minimum atomic E-state index is 0.117. The zero-order valence-corrected chi connectivity index (χ0v) is 16.6. The Morgan fingerprint density at radius 2 is 2.00 bits per heavy atom. The fourth-order valence-electron chi connectivity index (χ4n) is 3.55. The molecule has 27 heavy (non-hydrogen) atoms. The quantitative estimate of drug-likeness (QED) is 0.807. The summed E-state index contributed by atoms with van der Waals surface area (Å²) in [5, 5.41) is 7.24. The number of piperidine rings is 1. The molecule has 6 nitrogen and oxygen atoms in total. The highest BCUT2D eigenvalue weighted by Gasteiger charge is 2.26. The van der Waals surface area contributed by atoms with Gasteiger partial charge in [0.1, 0.15) is 0 Å². The fourth-order valence-corrected chi connectivity index (χ4v) is 3.55. The first-order valence-corrected chi connectivity index (χ1v) is 9.97. The molecule has 1 aliphatic heterocycles. The molecule has 0 saturated carbocycles. The lowest BCUT2D eigenvalue weighted by Gasteiger charge is -2.30. The SMILES string of the molecule is CCCC(C)NC(=O)C1CCN(Cc2nc(-c3ccc(C)cc3)no2)CC1. The first-order chi connectivity index (χ1) is 13.0. The number of nitrogens with one attached hydrogen (secondary N) is 1. The highest BCUT2D eigenvalue weighted by Crippen LogP contribution is 2.21. The van der Waals surface area contributed by atoms with Crippen LogP contribution in [0.3, 0.4) is 0 Å². The Bertz CT molecular complexity index is 733. The Hall–Kier alpha value is -2.21. The van der Waals surface area contributed by atoms with Gasteiger partial charge in [0, 0.05) is 17.5 Å². The van der Waals surface area contributed by atoms with Gasteiger partial charge in [-0.2, -0.15) is 4.98 Å². The lowest BCUT2D eigenvalue weighted by atomic mass is 9.95. The van der Waals surface area contributed by atoms with E-state index in [1.54, 1.807) is 0 Å². The summed E-state index contributed by atoms with van der Waals surface area (Å²) in [4.78, 5) is 19.2. The third-order valence-electron chi connectivity index (χ3n) is 5.21. The van der Waals surface area contributed by atoms with Crippen LogP contribution in [0.1, 0.15) is 51.0 Å². The number of amides is 1. The van der Waals surface area contributed by atoms with E-state index in [9.17, 15) is 4.79 Å². The van der Waals surface area contributed by atoms with Gasteiger partial charge in [-0.05, 0) is 46.2 Å². The molecule has 1 aliphatic rings. The summed E-state index contributed by atoms with van der Waals surface area (Å²) in [5.74, 6) is 1.58. The topological polar surface area (TPSA) is 71.3 Å². The molecule has 146 valence electrons. The average Bonchev–Trinajstić information content (AvgIpc) is 3.11. The molecule has 0 spiro atoms. The van der Waals surface area contributed by atoms with Crippen LogP contribution in [0.2, 0.25) is 0 Å². The second-order valence-corrected chi connectivity index (χ2v) is 7.63. The molecular weight excluding hydrogens is 340 g/mol. The molecule has 1 atom stereocenters. The first-order valence-electron chi connectivity index (χ1n) is 9.97. The van der Waals surface area contributed by atoms with Crippen LogP contribution in [0.25, 0.3) is 11.4 Å². The molecule has 1 unspecified atom stereocenters. The Kier molecular flexibility index (Phi) is 6.61. The number of benzene rings is 1. The van der Waals surface area contributed by atoms with Crippen LogP contribution < -0.4 is 5.32 Å². The van der Waals surface area contributed by atoms with Gasteiger partial charge in [0.2, 0.25) is 17.6 Å². The van der Waals surface area contributed by atoms with Crippen LogP contribution in [0.4, 0.5) is 0 Å². The molecular formula is C21H30N4O2. The molecule has 3 rings (SSSR count). The lowest BCUT2D eigenvalue weighted by Crippen LogP contribution is -2.42. The van der Waals surface area contributed by atoms with E-state index in [-0.39, 0.29) is 17.9 Å². The average molecular weight is 370 g/mol. The number of nitrogens with zero attached hydrogens (tertiary/aromatic N) is 3. The molecule has 1 amide bonds. The third-order valence-corrected chi connectivity index (χ3v) is 5.21. The van der Waals surface area contributed by atoms with E-state index in [0.717, 1.165) is 44.3 Å². The van der Waals surface area contributed by atoms with Gasteiger partial charge < -0.3 is 9.84 Å². The van der Waals surface area contributed by atoms with E-state index >= 15 is 0 Å². The van der Waals surface area contributed by atoms with Crippen molar-refractivity contribution in [3.63, 3.8) is 0 Å². The number of hydrogen-bond acceptors (Lipinski definition) is 5. The Balaban J connectivity index is 1.48. The predicted molar refractivity (Wildman–Crippen MR) is 105 cm³/mol. The molecule has 0 radical (unpaired) electrons. The normalized spacial score (nSPS) is 17.0. The van der Waals surface area contributed by atoms with Gasteiger partial charge in [-0.15, -0.1) is 0 Å². The number of aromatic nitrogens is 2. The van der Waals surface area contributed by atoms with Gasteiger partial charge in [0.25, 0.3) is 0 Å².